The first-order chi connectivity index (χ1) is 9.75. The Labute approximate surface area is 119 Å². The molecule has 116 valence electrons. The lowest BCUT2D eigenvalue weighted by atomic mass is 9.88. The van der Waals surface area contributed by atoms with Gasteiger partial charge in [-0.25, -0.2) is 0 Å². The highest BCUT2D eigenvalue weighted by Gasteiger charge is 2.63. The molecule has 6 nitrogen and oxygen atoms in total. The minimum Gasteiger partial charge on any atom is -0.394 e. The molecule has 0 aromatic carbocycles. The van der Waals surface area contributed by atoms with E-state index in [1.807, 2.05) is 0 Å². The van der Waals surface area contributed by atoms with Gasteiger partial charge in [0.05, 0.1) is 26.4 Å². The molecule has 3 fully saturated rings. The van der Waals surface area contributed by atoms with Crippen LogP contribution in [-0.2, 0) is 18.9 Å². The number of rotatable bonds is 2. The monoisotopic (exact) mass is 288 g/mol. The van der Waals surface area contributed by atoms with E-state index in [1.54, 1.807) is 0 Å². The molecule has 0 aromatic heterocycles. The van der Waals surface area contributed by atoms with Crippen LogP contribution in [0.3, 0.4) is 0 Å². The van der Waals surface area contributed by atoms with E-state index in [9.17, 15) is 10.2 Å². The van der Waals surface area contributed by atoms with Crippen molar-refractivity contribution in [2.45, 2.75) is 62.3 Å². The van der Waals surface area contributed by atoms with Crippen LogP contribution >= 0.6 is 0 Å². The van der Waals surface area contributed by atoms with E-state index in [4.69, 9.17) is 18.9 Å². The molecule has 3 saturated heterocycles. The van der Waals surface area contributed by atoms with Gasteiger partial charge in [0.15, 0.2) is 0 Å². The molecule has 2 spiro atoms. The van der Waals surface area contributed by atoms with Gasteiger partial charge < -0.3 is 29.2 Å². The summed E-state index contributed by atoms with van der Waals surface area (Å²) in [5.41, 5.74) is 0. The van der Waals surface area contributed by atoms with Gasteiger partial charge in [-0.15, -0.1) is 0 Å². The summed E-state index contributed by atoms with van der Waals surface area (Å²) in [5.74, 6) is -1.88. The zero-order valence-corrected chi connectivity index (χ0v) is 11.8. The average Bonchev–Trinajstić information content (AvgIpc) is 2.52. The maximum absolute atomic E-state index is 9.48. The van der Waals surface area contributed by atoms with Crippen LogP contribution in [-0.4, -0.2) is 60.4 Å². The second kappa shape index (κ2) is 5.87. The van der Waals surface area contributed by atoms with Crippen molar-refractivity contribution in [2.75, 3.05) is 26.4 Å². The quantitative estimate of drug-likeness (QED) is 0.772. The third-order valence-electron chi connectivity index (χ3n) is 4.51. The lowest BCUT2D eigenvalue weighted by Gasteiger charge is -2.57. The SMILES string of the molecule is OC[C@@H]1O[C@]2(CCCCO2)[C@@]2(CCCCO2)O[C@H]1CO. The lowest BCUT2D eigenvalue weighted by molar-refractivity contribution is -0.483. The Balaban J connectivity index is 1.90. The van der Waals surface area contributed by atoms with Crippen LogP contribution in [0.4, 0.5) is 0 Å². The van der Waals surface area contributed by atoms with Gasteiger partial charge >= 0.3 is 0 Å². The van der Waals surface area contributed by atoms with Crippen LogP contribution in [0.25, 0.3) is 0 Å². The fourth-order valence-corrected chi connectivity index (χ4v) is 3.45. The van der Waals surface area contributed by atoms with E-state index >= 15 is 0 Å². The number of ether oxygens (including phenoxy) is 4. The lowest BCUT2D eigenvalue weighted by Crippen LogP contribution is -2.70. The molecule has 4 atom stereocenters. The van der Waals surface area contributed by atoms with Gasteiger partial charge in [0.1, 0.15) is 12.2 Å². The highest BCUT2D eigenvalue weighted by atomic mass is 16.8. The summed E-state index contributed by atoms with van der Waals surface area (Å²) in [4.78, 5) is 0. The largest absolute Gasteiger partial charge is 0.394 e. The minimum absolute atomic E-state index is 0.202. The first-order valence-corrected chi connectivity index (χ1v) is 7.60. The molecule has 0 amide bonds. The fraction of sp³-hybridized carbons (Fsp3) is 1.00. The Morgan fingerprint density at radius 2 is 1.20 bits per heavy atom. The Hall–Kier alpha value is -0.240. The normalized spacial score (nSPS) is 45.9. The van der Waals surface area contributed by atoms with Crippen LogP contribution in [0, 0.1) is 0 Å². The molecule has 20 heavy (non-hydrogen) atoms. The summed E-state index contributed by atoms with van der Waals surface area (Å²) in [6, 6.07) is 0. The van der Waals surface area contributed by atoms with E-state index in [2.05, 4.69) is 0 Å². The summed E-state index contributed by atoms with van der Waals surface area (Å²) in [6.45, 7) is 0.811. The average molecular weight is 288 g/mol. The van der Waals surface area contributed by atoms with E-state index in [0.717, 1.165) is 25.7 Å². The first-order valence-electron chi connectivity index (χ1n) is 7.60. The smallest absolute Gasteiger partial charge is 0.224 e. The van der Waals surface area contributed by atoms with Crippen molar-refractivity contribution in [3.05, 3.63) is 0 Å². The first kappa shape index (κ1) is 14.7. The van der Waals surface area contributed by atoms with Crippen LogP contribution in [0.1, 0.15) is 38.5 Å². The molecule has 0 saturated carbocycles. The fourth-order valence-electron chi connectivity index (χ4n) is 3.45. The predicted molar refractivity (Wildman–Crippen MR) is 69.0 cm³/mol. The minimum atomic E-state index is -0.940. The highest BCUT2D eigenvalue weighted by Crippen LogP contribution is 2.49. The van der Waals surface area contributed by atoms with Crippen LogP contribution in [0.15, 0.2) is 0 Å². The molecular weight excluding hydrogens is 264 g/mol. The molecule has 3 aliphatic heterocycles. The maximum Gasteiger partial charge on any atom is 0.224 e. The van der Waals surface area contributed by atoms with E-state index in [1.165, 1.54) is 0 Å². The standard InChI is InChI=1S/C14H24O6/c15-9-11-12(10-16)20-14(6-2-4-8-18-14)13(19-11)5-1-3-7-17-13/h11-12,15-16H,1-10H2/t11-,12-,13+,14+/m0/s1. The summed E-state index contributed by atoms with van der Waals surface area (Å²) >= 11 is 0. The van der Waals surface area contributed by atoms with E-state index < -0.39 is 23.8 Å². The van der Waals surface area contributed by atoms with Crippen molar-refractivity contribution in [3.63, 3.8) is 0 Å². The number of aliphatic hydroxyl groups excluding tert-OH is 2. The topological polar surface area (TPSA) is 77.4 Å². The molecule has 0 bridgehead atoms. The Morgan fingerprint density at radius 3 is 1.50 bits per heavy atom. The van der Waals surface area contributed by atoms with Gasteiger partial charge in [-0.2, -0.15) is 0 Å². The van der Waals surface area contributed by atoms with Crippen molar-refractivity contribution in [1.82, 2.24) is 0 Å². The van der Waals surface area contributed by atoms with Crippen LogP contribution < -0.4 is 0 Å². The van der Waals surface area contributed by atoms with Crippen molar-refractivity contribution in [1.29, 1.82) is 0 Å². The molecular formula is C14H24O6. The Bertz CT molecular complexity index is 290. The molecule has 3 rings (SSSR count). The zero-order chi connectivity index (χ0) is 14.1. The predicted octanol–water partition coefficient (Wildman–Crippen LogP) is 0.549. The number of hydrogen-bond donors (Lipinski definition) is 2. The highest BCUT2D eigenvalue weighted by molar-refractivity contribution is 4.98. The molecule has 0 aromatic rings. The van der Waals surface area contributed by atoms with Gasteiger partial charge in [-0.3, -0.25) is 0 Å². The Kier molecular flexibility index (Phi) is 4.31. The third-order valence-corrected chi connectivity index (χ3v) is 4.51. The van der Waals surface area contributed by atoms with Crippen molar-refractivity contribution >= 4 is 0 Å². The molecule has 2 N–H and O–H groups in total. The molecule has 0 aliphatic carbocycles. The van der Waals surface area contributed by atoms with E-state index in [-0.39, 0.29) is 13.2 Å². The number of hydrogen-bond acceptors (Lipinski definition) is 6. The zero-order valence-electron chi connectivity index (χ0n) is 11.8. The van der Waals surface area contributed by atoms with Gasteiger partial charge in [0.2, 0.25) is 11.6 Å². The van der Waals surface area contributed by atoms with Gasteiger partial charge in [-0.05, 0) is 25.7 Å². The van der Waals surface area contributed by atoms with Crippen molar-refractivity contribution in [2.24, 2.45) is 0 Å². The van der Waals surface area contributed by atoms with Gasteiger partial charge in [0.25, 0.3) is 0 Å². The van der Waals surface area contributed by atoms with Crippen LogP contribution in [0.5, 0.6) is 0 Å². The molecule has 0 radical (unpaired) electrons. The van der Waals surface area contributed by atoms with Gasteiger partial charge in [0, 0.05) is 12.8 Å². The van der Waals surface area contributed by atoms with Crippen molar-refractivity contribution < 1.29 is 29.2 Å². The molecule has 3 aliphatic rings. The molecule has 6 heteroatoms. The molecule has 0 unspecified atom stereocenters. The summed E-state index contributed by atoms with van der Waals surface area (Å²) < 4.78 is 24.1. The summed E-state index contributed by atoms with van der Waals surface area (Å²) in [5, 5.41) is 19.0. The Morgan fingerprint density at radius 1 is 0.750 bits per heavy atom. The second-order valence-electron chi connectivity index (χ2n) is 5.79. The third kappa shape index (κ3) is 2.28. The van der Waals surface area contributed by atoms with Gasteiger partial charge in [-0.1, -0.05) is 0 Å². The summed E-state index contributed by atoms with van der Waals surface area (Å²) in [6.07, 6.45) is 4.20. The number of fused-ring (bicyclic) bond motifs is 1. The van der Waals surface area contributed by atoms with Crippen molar-refractivity contribution in [3.8, 4) is 0 Å². The van der Waals surface area contributed by atoms with Crippen LogP contribution in [0.2, 0.25) is 0 Å². The summed E-state index contributed by atoms with van der Waals surface area (Å²) in [7, 11) is 0. The maximum atomic E-state index is 9.48. The second-order valence-corrected chi connectivity index (χ2v) is 5.79. The van der Waals surface area contributed by atoms with E-state index in [0.29, 0.717) is 26.1 Å². The molecule has 3 heterocycles. The number of aliphatic hydroxyl groups is 2.